The lowest BCUT2D eigenvalue weighted by molar-refractivity contribution is -0.135. The van der Waals surface area contributed by atoms with Gasteiger partial charge in [0.15, 0.2) is 6.10 Å². The van der Waals surface area contributed by atoms with Gasteiger partial charge in [-0.3, -0.25) is 4.79 Å². The molecule has 0 spiro atoms. The van der Waals surface area contributed by atoms with Gasteiger partial charge in [0.25, 0.3) is 5.91 Å². The number of carbonyl (C=O) groups excluding carboxylic acids is 1. The number of amides is 1. The van der Waals surface area contributed by atoms with Crippen molar-refractivity contribution < 1.29 is 25.2 Å². The van der Waals surface area contributed by atoms with Crippen molar-refractivity contribution in [2.45, 2.75) is 51.0 Å². The van der Waals surface area contributed by atoms with Gasteiger partial charge in [0.1, 0.15) is 6.10 Å². The van der Waals surface area contributed by atoms with E-state index in [0.717, 1.165) is 0 Å². The molecule has 0 fully saturated rings. The molecule has 1 amide bonds. The van der Waals surface area contributed by atoms with Crippen LogP contribution >= 0.6 is 0 Å². The summed E-state index contributed by atoms with van der Waals surface area (Å²) in [4.78, 5) is 11.6. The number of carbonyl (C=O) groups is 1. The first-order chi connectivity index (χ1) is 8.47. The molecule has 2 unspecified atom stereocenters. The molecule has 0 heterocycles. The van der Waals surface area contributed by atoms with Crippen molar-refractivity contribution in [2.75, 3.05) is 6.61 Å². The highest BCUT2D eigenvalue weighted by atomic mass is 16.3. The van der Waals surface area contributed by atoms with Gasteiger partial charge in [0.2, 0.25) is 0 Å². The zero-order chi connectivity index (χ0) is 14.1. The normalized spacial score (nSPS) is 18.3. The zero-order valence-corrected chi connectivity index (χ0v) is 10.8. The van der Waals surface area contributed by atoms with Gasteiger partial charge in [0, 0.05) is 0 Å². The second kappa shape index (κ2) is 9.04. The number of rotatable bonds is 8. The average molecular weight is 261 g/mol. The lowest BCUT2D eigenvalue weighted by Crippen LogP contribution is -2.51. The Morgan fingerprint density at radius 3 is 2.33 bits per heavy atom. The van der Waals surface area contributed by atoms with Gasteiger partial charge in [-0.2, -0.15) is 0 Å². The number of aliphatic hydroxyl groups is 4. The SMILES string of the molecule is CC/C=C/C(O)C(O)C(=O)N[C@@H](CO)[C@H](O)CC. The summed E-state index contributed by atoms with van der Waals surface area (Å²) in [7, 11) is 0. The molecular formula is C12H23NO5. The van der Waals surface area contributed by atoms with Crippen LogP contribution in [-0.2, 0) is 4.79 Å². The average Bonchev–Trinajstić information content (AvgIpc) is 2.39. The van der Waals surface area contributed by atoms with E-state index in [4.69, 9.17) is 5.11 Å². The minimum Gasteiger partial charge on any atom is -0.394 e. The highest BCUT2D eigenvalue weighted by molar-refractivity contribution is 5.81. The number of hydrogen-bond donors (Lipinski definition) is 5. The molecule has 0 aromatic carbocycles. The third kappa shape index (κ3) is 5.59. The summed E-state index contributed by atoms with van der Waals surface area (Å²) < 4.78 is 0. The first kappa shape index (κ1) is 17.1. The molecule has 106 valence electrons. The first-order valence-electron chi connectivity index (χ1n) is 6.09. The van der Waals surface area contributed by atoms with E-state index in [0.29, 0.717) is 12.8 Å². The molecule has 0 aliphatic rings. The van der Waals surface area contributed by atoms with Crippen LogP contribution in [0, 0.1) is 0 Å². The molecule has 4 atom stereocenters. The molecule has 6 heteroatoms. The molecule has 18 heavy (non-hydrogen) atoms. The highest BCUT2D eigenvalue weighted by Crippen LogP contribution is 2.02. The van der Waals surface area contributed by atoms with Crippen molar-refractivity contribution in [3.05, 3.63) is 12.2 Å². The zero-order valence-electron chi connectivity index (χ0n) is 10.8. The van der Waals surface area contributed by atoms with Gasteiger partial charge in [-0.15, -0.1) is 0 Å². The summed E-state index contributed by atoms with van der Waals surface area (Å²) in [6, 6.07) is -0.848. The standard InChI is InChI=1S/C12H23NO5/c1-3-5-6-10(16)11(17)12(18)13-8(7-14)9(15)4-2/h5-6,8-11,14-17H,3-4,7H2,1-2H3,(H,13,18)/b6-5+/t8-,9+,10?,11?/m0/s1. The van der Waals surface area contributed by atoms with Gasteiger partial charge in [-0.1, -0.05) is 26.0 Å². The topological polar surface area (TPSA) is 110 Å². The van der Waals surface area contributed by atoms with Gasteiger partial charge < -0.3 is 25.7 Å². The lowest BCUT2D eigenvalue weighted by Gasteiger charge is -2.23. The Morgan fingerprint density at radius 1 is 1.28 bits per heavy atom. The summed E-state index contributed by atoms with van der Waals surface area (Å²) in [5, 5.41) is 39.8. The Kier molecular flexibility index (Phi) is 8.57. The molecule has 0 aromatic heterocycles. The first-order valence-corrected chi connectivity index (χ1v) is 6.09. The third-order valence-corrected chi connectivity index (χ3v) is 2.57. The van der Waals surface area contributed by atoms with Crippen LogP contribution in [0.15, 0.2) is 12.2 Å². The molecule has 0 radical (unpaired) electrons. The highest BCUT2D eigenvalue weighted by Gasteiger charge is 2.26. The van der Waals surface area contributed by atoms with E-state index in [2.05, 4.69) is 5.32 Å². The molecule has 0 aliphatic carbocycles. The van der Waals surface area contributed by atoms with Crippen molar-refractivity contribution in [1.29, 1.82) is 0 Å². The monoisotopic (exact) mass is 261 g/mol. The second-order valence-corrected chi connectivity index (χ2v) is 4.05. The second-order valence-electron chi connectivity index (χ2n) is 4.05. The minimum atomic E-state index is -1.62. The summed E-state index contributed by atoms with van der Waals surface area (Å²) in [6.45, 7) is 3.12. The van der Waals surface area contributed by atoms with E-state index in [9.17, 15) is 20.1 Å². The van der Waals surface area contributed by atoms with Crippen molar-refractivity contribution in [3.8, 4) is 0 Å². The van der Waals surface area contributed by atoms with Crippen LogP contribution in [-0.4, -0.2) is 57.3 Å². The number of hydrogen-bond acceptors (Lipinski definition) is 5. The minimum absolute atomic E-state index is 0.361. The van der Waals surface area contributed by atoms with E-state index in [-0.39, 0.29) is 0 Å². The number of aliphatic hydroxyl groups excluding tert-OH is 4. The van der Waals surface area contributed by atoms with Crippen LogP contribution in [0.2, 0.25) is 0 Å². The Morgan fingerprint density at radius 2 is 1.89 bits per heavy atom. The van der Waals surface area contributed by atoms with Crippen molar-refractivity contribution >= 4 is 5.91 Å². The van der Waals surface area contributed by atoms with Crippen molar-refractivity contribution in [2.24, 2.45) is 0 Å². The predicted octanol–water partition coefficient (Wildman–Crippen LogP) is -1.08. The Bertz CT molecular complexity index is 269. The molecule has 0 saturated carbocycles. The molecule has 0 rings (SSSR count). The van der Waals surface area contributed by atoms with Crippen LogP contribution in [0.4, 0.5) is 0 Å². The molecule has 0 aliphatic heterocycles. The van der Waals surface area contributed by atoms with E-state index < -0.39 is 36.9 Å². The van der Waals surface area contributed by atoms with Crippen LogP contribution in [0.3, 0.4) is 0 Å². The van der Waals surface area contributed by atoms with E-state index in [1.165, 1.54) is 6.08 Å². The molecule has 0 aromatic rings. The van der Waals surface area contributed by atoms with Gasteiger partial charge in [-0.25, -0.2) is 0 Å². The van der Waals surface area contributed by atoms with E-state index in [1.54, 1.807) is 13.0 Å². The van der Waals surface area contributed by atoms with Crippen LogP contribution < -0.4 is 5.32 Å². The molecular weight excluding hydrogens is 238 g/mol. The van der Waals surface area contributed by atoms with Crippen LogP contribution in [0.1, 0.15) is 26.7 Å². The largest absolute Gasteiger partial charge is 0.394 e. The summed E-state index contributed by atoms with van der Waals surface area (Å²) in [6.07, 6.45) is 0.183. The summed E-state index contributed by atoms with van der Waals surface area (Å²) >= 11 is 0. The summed E-state index contributed by atoms with van der Waals surface area (Å²) in [5.74, 6) is -0.824. The lowest BCUT2D eigenvalue weighted by atomic mass is 10.1. The maximum Gasteiger partial charge on any atom is 0.252 e. The Labute approximate surface area is 107 Å². The number of allylic oxidation sites excluding steroid dienone is 1. The van der Waals surface area contributed by atoms with Crippen LogP contribution in [0.5, 0.6) is 0 Å². The maximum absolute atomic E-state index is 11.6. The fourth-order valence-electron chi connectivity index (χ4n) is 1.35. The molecule has 0 saturated heterocycles. The maximum atomic E-state index is 11.6. The smallest absolute Gasteiger partial charge is 0.252 e. The third-order valence-electron chi connectivity index (χ3n) is 2.57. The van der Waals surface area contributed by atoms with Crippen LogP contribution in [0.25, 0.3) is 0 Å². The van der Waals surface area contributed by atoms with E-state index >= 15 is 0 Å². The predicted molar refractivity (Wildman–Crippen MR) is 66.8 cm³/mol. The molecule has 5 N–H and O–H groups in total. The van der Waals surface area contributed by atoms with Crippen molar-refractivity contribution in [1.82, 2.24) is 5.32 Å². The van der Waals surface area contributed by atoms with Gasteiger partial charge in [0.05, 0.1) is 18.8 Å². The van der Waals surface area contributed by atoms with Gasteiger partial charge >= 0.3 is 0 Å². The fraction of sp³-hybridized carbons (Fsp3) is 0.750. The number of nitrogens with one attached hydrogen (secondary N) is 1. The molecule has 0 bridgehead atoms. The Hall–Kier alpha value is -0.950. The quantitative estimate of drug-likeness (QED) is 0.357. The van der Waals surface area contributed by atoms with E-state index in [1.807, 2.05) is 6.92 Å². The Balaban J connectivity index is 4.41. The summed E-state index contributed by atoms with van der Waals surface area (Å²) in [5.41, 5.74) is 0. The van der Waals surface area contributed by atoms with Gasteiger partial charge in [-0.05, 0) is 12.8 Å². The fourth-order valence-corrected chi connectivity index (χ4v) is 1.35. The molecule has 6 nitrogen and oxygen atoms in total. The van der Waals surface area contributed by atoms with Crippen molar-refractivity contribution in [3.63, 3.8) is 0 Å².